The van der Waals surface area contributed by atoms with Crippen LogP contribution < -0.4 is 5.32 Å². The smallest absolute Gasteiger partial charge is 0.228 e. The van der Waals surface area contributed by atoms with E-state index in [0.717, 1.165) is 40.3 Å². The molecule has 2 aromatic carbocycles. The molecule has 134 valence electrons. The van der Waals surface area contributed by atoms with Crippen LogP contribution in [0.15, 0.2) is 48.5 Å². The maximum atomic E-state index is 13.1. The van der Waals surface area contributed by atoms with Gasteiger partial charge >= 0.3 is 0 Å². The number of carbonyl (C=O) groups excluding carboxylic acids is 1. The van der Waals surface area contributed by atoms with Crippen LogP contribution >= 0.6 is 0 Å². The summed E-state index contributed by atoms with van der Waals surface area (Å²) in [7, 11) is 0. The Bertz CT molecular complexity index is 929. The maximum absolute atomic E-state index is 13.1. The van der Waals surface area contributed by atoms with Crippen LogP contribution in [-0.2, 0) is 17.6 Å². The number of rotatable bonds is 5. The van der Waals surface area contributed by atoms with Gasteiger partial charge in [-0.2, -0.15) is 5.10 Å². The molecule has 0 saturated heterocycles. The molecule has 1 amide bonds. The van der Waals surface area contributed by atoms with Gasteiger partial charge in [-0.1, -0.05) is 25.1 Å². The van der Waals surface area contributed by atoms with Crippen LogP contribution in [0.4, 0.5) is 10.1 Å². The molecule has 0 aliphatic heterocycles. The van der Waals surface area contributed by atoms with Crippen LogP contribution in [0, 0.1) is 19.7 Å². The molecule has 0 unspecified atom stereocenters. The van der Waals surface area contributed by atoms with Crippen LogP contribution in [-0.4, -0.2) is 15.7 Å². The second kappa shape index (κ2) is 7.52. The highest BCUT2D eigenvalue weighted by atomic mass is 19.1. The van der Waals surface area contributed by atoms with E-state index in [1.54, 1.807) is 16.8 Å². The third-order valence-corrected chi connectivity index (χ3v) is 4.52. The largest absolute Gasteiger partial charge is 0.326 e. The van der Waals surface area contributed by atoms with Gasteiger partial charge in [0.2, 0.25) is 5.91 Å². The van der Waals surface area contributed by atoms with Gasteiger partial charge in [0.05, 0.1) is 17.8 Å². The van der Waals surface area contributed by atoms with Gasteiger partial charge in [0.25, 0.3) is 0 Å². The monoisotopic (exact) mass is 351 g/mol. The Kier molecular flexibility index (Phi) is 5.16. The number of nitrogens with zero attached hydrogens (tertiary/aromatic N) is 2. The highest BCUT2D eigenvalue weighted by Gasteiger charge is 2.16. The molecule has 0 spiro atoms. The SMILES string of the molecule is CCc1ccccc1NC(=O)Cc1c(C)nn(-c2ccc(F)cc2)c1C. The van der Waals surface area contributed by atoms with Gasteiger partial charge in [-0.25, -0.2) is 9.07 Å². The summed E-state index contributed by atoms with van der Waals surface area (Å²) in [5.74, 6) is -0.361. The molecule has 0 radical (unpaired) electrons. The summed E-state index contributed by atoms with van der Waals surface area (Å²) < 4.78 is 14.9. The third-order valence-electron chi connectivity index (χ3n) is 4.52. The number of amides is 1. The van der Waals surface area contributed by atoms with Crippen molar-refractivity contribution in [2.45, 2.75) is 33.6 Å². The first-order valence-electron chi connectivity index (χ1n) is 8.68. The first kappa shape index (κ1) is 17.9. The second-order valence-corrected chi connectivity index (χ2v) is 6.27. The van der Waals surface area contributed by atoms with E-state index < -0.39 is 0 Å². The molecule has 3 rings (SSSR count). The molecule has 3 aromatic rings. The van der Waals surface area contributed by atoms with Crippen molar-refractivity contribution < 1.29 is 9.18 Å². The molecular weight excluding hydrogens is 329 g/mol. The van der Waals surface area contributed by atoms with Crippen LogP contribution in [0.1, 0.15) is 29.4 Å². The Morgan fingerprint density at radius 1 is 1.12 bits per heavy atom. The van der Waals surface area contributed by atoms with Gasteiger partial charge in [0.15, 0.2) is 0 Å². The molecule has 0 aliphatic carbocycles. The van der Waals surface area contributed by atoms with Crippen molar-refractivity contribution in [3.63, 3.8) is 0 Å². The predicted octanol–water partition coefficient (Wildman–Crippen LogP) is 4.37. The number of hydrogen-bond donors (Lipinski definition) is 1. The lowest BCUT2D eigenvalue weighted by Crippen LogP contribution is -2.16. The number of benzene rings is 2. The van der Waals surface area contributed by atoms with E-state index in [1.807, 2.05) is 38.1 Å². The molecule has 0 bridgehead atoms. The van der Waals surface area contributed by atoms with Crippen molar-refractivity contribution in [3.8, 4) is 5.69 Å². The van der Waals surface area contributed by atoms with E-state index in [4.69, 9.17) is 0 Å². The van der Waals surface area contributed by atoms with Crippen molar-refractivity contribution in [2.24, 2.45) is 0 Å². The van der Waals surface area contributed by atoms with Gasteiger partial charge < -0.3 is 5.32 Å². The Balaban J connectivity index is 1.82. The van der Waals surface area contributed by atoms with E-state index in [9.17, 15) is 9.18 Å². The molecule has 0 aliphatic rings. The summed E-state index contributed by atoms with van der Waals surface area (Å²) in [6.45, 7) is 5.87. The molecule has 0 atom stereocenters. The lowest BCUT2D eigenvalue weighted by molar-refractivity contribution is -0.115. The molecule has 1 heterocycles. The summed E-state index contributed by atoms with van der Waals surface area (Å²) >= 11 is 0. The number of hydrogen-bond acceptors (Lipinski definition) is 2. The number of anilines is 1. The van der Waals surface area contributed by atoms with E-state index in [0.29, 0.717) is 0 Å². The van der Waals surface area contributed by atoms with E-state index in [-0.39, 0.29) is 18.1 Å². The van der Waals surface area contributed by atoms with E-state index >= 15 is 0 Å². The zero-order chi connectivity index (χ0) is 18.7. The summed E-state index contributed by atoms with van der Waals surface area (Å²) in [5.41, 5.74) is 5.30. The Hall–Kier alpha value is -2.95. The molecule has 26 heavy (non-hydrogen) atoms. The van der Waals surface area contributed by atoms with Crippen molar-refractivity contribution in [1.82, 2.24) is 9.78 Å². The molecule has 4 nitrogen and oxygen atoms in total. The molecule has 0 saturated carbocycles. The van der Waals surface area contributed by atoms with E-state index in [1.165, 1.54) is 12.1 Å². The normalized spacial score (nSPS) is 10.8. The minimum absolute atomic E-state index is 0.0734. The molecule has 0 fully saturated rings. The van der Waals surface area contributed by atoms with Crippen LogP contribution in [0.2, 0.25) is 0 Å². The summed E-state index contributed by atoms with van der Waals surface area (Å²) in [4.78, 5) is 12.5. The lowest BCUT2D eigenvalue weighted by Gasteiger charge is -2.10. The fourth-order valence-corrected chi connectivity index (χ4v) is 3.07. The Morgan fingerprint density at radius 3 is 2.50 bits per heavy atom. The van der Waals surface area contributed by atoms with Gasteiger partial charge in [0, 0.05) is 16.9 Å². The van der Waals surface area contributed by atoms with Gasteiger partial charge in [-0.05, 0) is 56.2 Å². The highest BCUT2D eigenvalue weighted by molar-refractivity contribution is 5.93. The first-order chi connectivity index (χ1) is 12.5. The molecular formula is C21H22FN3O. The fraction of sp³-hybridized carbons (Fsp3) is 0.238. The van der Waals surface area contributed by atoms with Crippen molar-refractivity contribution >= 4 is 11.6 Å². The second-order valence-electron chi connectivity index (χ2n) is 6.27. The van der Waals surface area contributed by atoms with Crippen LogP contribution in [0.3, 0.4) is 0 Å². The summed E-state index contributed by atoms with van der Waals surface area (Å²) in [5, 5.41) is 7.51. The summed E-state index contributed by atoms with van der Waals surface area (Å²) in [6, 6.07) is 14.0. The average Bonchev–Trinajstić information content (AvgIpc) is 2.91. The number of para-hydroxylation sites is 1. The van der Waals surface area contributed by atoms with E-state index in [2.05, 4.69) is 17.3 Å². The summed E-state index contributed by atoms with van der Waals surface area (Å²) in [6.07, 6.45) is 1.11. The predicted molar refractivity (Wildman–Crippen MR) is 101 cm³/mol. The van der Waals surface area contributed by atoms with Gasteiger partial charge in [-0.15, -0.1) is 0 Å². The maximum Gasteiger partial charge on any atom is 0.228 e. The van der Waals surface area contributed by atoms with Gasteiger partial charge in [-0.3, -0.25) is 4.79 Å². The zero-order valence-electron chi connectivity index (χ0n) is 15.2. The average molecular weight is 351 g/mol. The quantitative estimate of drug-likeness (QED) is 0.742. The van der Waals surface area contributed by atoms with Crippen molar-refractivity contribution in [2.75, 3.05) is 5.32 Å². The molecule has 5 heteroatoms. The van der Waals surface area contributed by atoms with Crippen molar-refractivity contribution in [3.05, 3.63) is 76.9 Å². The minimum atomic E-state index is -0.288. The fourth-order valence-electron chi connectivity index (χ4n) is 3.07. The minimum Gasteiger partial charge on any atom is -0.326 e. The highest BCUT2D eigenvalue weighted by Crippen LogP contribution is 2.20. The van der Waals surface area contributed by atoms with Crippen LogP contribution in [0.5, 0.6) is 0 Å². The van der Waals surface area contributed by atoms with Crippen LogP contribution in [0.25, 0.3) is 5.69 Å². The molecule has 1 aromatic heterocycles. The number of nitrogens with one attached hydrogen (secondary N) is 1. The zero-order valence-corrected chi connectivity index (χ0v) is 15.2. The number of aryl methyl sites for hydroxylation is 2. The third kappa shape index (κ3) is 3.67. The number of aromatic nitrogens is 2. The standard InChI is InChI=1S/C21H22FN3O/c1-4-16-7-5-6-8-20(16)23-21(26)13-19-14(2)24-25(15(19)3)18-11-9-17(22)10-12-18/h5-12H,4,13H2,1-3H3,(H,23,26). The van der Waals surface area contributed by atoms with Crippen molar-refractivity contribution in [1.29, 1.82) is 0 Å². The van der Waals surface area contributed by atoms with Gasteiger partial charge in [0.1, 0.15) is 5.82 Å². The topological polar surface area (TPSA) is 46.9 Å². The Morgan fingerprint density at radius 2 is 1.81 bits per heavy atom. The lowest BCUT2D eigenvalue weighted by atomic mass is 10.1. The number of carbonyl (C=O) groups is 1. The number of halogens is 1. The Labute approximate surface area is 152 Å². The first-order valence-corrected chi connectivity index (χ1v) is 8.68. The molecule has 1 N–H and O–H groups in total.